The number of nitrogen functional groups attached to an aromatic ring is 1. The number of para-hydroxylation sites is 1. The standard InChI is InChI=1S/C28H22Cl2N4O2/c29-20-11-10-17(14-21(20)30)23-24(27(31)34-25(23)26(35)16-6-2-1-3-7-16)28(36)32-13-12-18-15-33-22-9-5-4-8-19(18)22/h1-11,14-15,33-34H,12-13,31H2,(H,32,36). The fourth-order valence-electron chi connectivity index (χ4n) is 4.34. The summed E-state index contributed by atoms with van der Waals surface area (Å²) in [5.41, 5.74) is 10.2. The van der Waals surface area contributed by atoms with Crippen molar-refractivity contribution in [3.8, 4) is 11.1 Å². The van der Waals surface area contributed by atoms with Crippen LogP contribution >= 0.6 is 23.2 Å². The number of rotatable bonds is 7. The number of anilines is 1. The summed E-state index contributed by atoms with van der Waals surface area (Å²) in [5, 5.41) is 4.73. The summed E-state index contributed by atoms with van der Waals surface area (Å²) in [4.78, 5) is 33.0. The molecule has 1 amide bonds. The molecule has 0 saturated carbocycles. The number of carbonyl (C=O) groups excluding carboxylic acids is 2. The van der Waals surface area contributed by atoms with Crippen LogP contribution in [0, 0.1) is 0 Å². The van der Waals surface area contributed by atoms with Gasteiger partial charge in [0.2, 0.25) is 5.78 Å². The lowest BCUT2D eigenvalue weighted by Crippen LogP contribution is -2.26. The van der Waals surface area contributed by atoms with Gasteiger partial charge in [-0.3, -0.25) is 9.59 Å². The number of ketones is 1. The zero-order valence-corrected chi connectivity index (χ0v) is 20.6. The van der Waals surface area contributed by atoms with Crippen LogP contribution in [-0.4, -0.2) is 28.2 Å². The second kappa shape index (κ2) is 9.93. The Morgan fingerprint density at radius 3 is 2.44 bits per heavy atom. The molecule has 0 fully saturated rings. The van der Waals surface area contributed by atoms with Crippen molar-refractivity contribution in [1.82, 2.24) is 15.3 Å². The fourth-order valence-corrected chi connectivity index (χ4v) is 4.64. The van der Waals surface area contributed by atoms with Crippen LogP contribution in [0.2, 0.25) is 10.0 Å². The van der Waals surface area contributed by atoms with Gasteiger partial charge in [-0.05, 0) is 35.7 Å². The van der Waals surface area contributed by atoms with Crippen molar-refractivity contribution in [3.63, 3.8) is 0 Å². The Morgan fingerprint density at radius 2 is 1.67 bits per heavy atom. The van der Waals surface area contributed by atoms with Crippen LogP contribution in [0.25, 0.3) is 22.0 Å². The van der Waals surface area contributed by atoms with E-state index in [1.807, 2.05) is 36.5 Å². The van der Waals surface area contributed by atoms with Crippen LogP contribution in [0.1, 0.15) is 32.0 Å². The Kier molecular flexibility index (Phi) is 6.55. The Morgan fingerprint density at radius 1 is 0.917 bits per heavy atom. The minimum Gasteiger partial charge on any atom is -0.385 e. The molecule has 36 heavy (non-hydrogen) atoms. The van der Waals surface area contributed by atoms with E-state index in [-0.39, 0.29) is 22.9 Å². The third kappa shape index (κ3) is 4.49. The first kappa shape index (κ1) is 23.7. The molecule has 0 saturated heterocycles. The largest absolute Gasteiger partial charge is 0.385 e. The lowest BCUT2D eigenvalue weighted by atomic mass is 9.96. The van der Waals surface area contributed by atoms with Gasteiger partial charge in [-0.15, -0.1) is 0 Å². The van der Waals surface area contributed by atoms with Crippen molar-refractivity contribution in [2.24, 2.45) is 0 Å². The van der Waals surface area contributed by atoms with Crippen molar-refractivity contribution in [1.29, 1.82) is 0 Å². The second-order valence-electron chi connectivity index (χ2n) is 8.35. The average Bonchev–Trinajstić information content (AvgIpc) is 3.46. The maximum atomic E-state index is 13.4. The van der Waals surface area contributed by atoms with Crippen molar-refractivity contribution in [2.45, 2.75) is 6.42 Å². The van der Waals surface area contributed by atoms with Gasteiger partial charge in [0.05, 0.1) is 21.3 Å². The quantitative estimate of drug-likeness (QED) is 0.192. The van der Waals surface area contributed by atoms with Crippen LogP contribution in [-0.2, 0) is 6.42 Å². The van der Waals surface area contributed by atoms with Crippen LogP contribution < -0.4 is 11.1 Å². The third-order valence-corrected chi connectivity index (χ3v) is 6.82. The second-order valence-corrected chi connectivity index (χ2v) is 9.17. The highest BCUT2D eigenvalue weighted by atomic mass is 35.5. The smallest absolute Gasteiger partial charge is 0.255 e. The Balaban J connectivity index is 1.48. The molecule has 5 N–H and O–H groups in total. The predicted octanol–water partition coefficient (Wildman–Crippen LogP) is 6.26. The molecule has 0 aliphatic heterocycles. The van der Waals surface area contributed by atoms with E-state index in [0.29, 0.717) is 39.7 Å². The topological polar surface area (TPSA) is 104 Å². The molecule has 0 spiro atoms. The zero-order valence-electron chi connectivity index (χ0n) is 19.1. The average molecular weight is 517 g/mol. The molecule has 0 unspecified atom stereocenters. The third-order valence-electron chi connectivity index (χ3n) is 6.08. The Labute approximate surface area is 217 Å². The number of nitrogens with two attached hydrogens (primary N) is 1. The molecule has 3 aromatic carbocycles. The lowest BCUT2D eigenvalue weighted by molar-refractivity contribution is 0.0955. The monoisotopic (exact) mass is 516 g/mol. The number of nitrogens with one attached hydrogen (secondary N) is 3. The highest BCUT2D eigenvalue weighted by Crippen LogP contribution is 2.36. The molecule has 2 heterocycles. The van der Waals surface area contributed by atoms with Crippen molar-refractivity contribution < 1.29 is 9.59 Å². The molecule has 0 radical (unpaired) electrons. The number of fused-ring (bicyclic) bond motifs is 1. The number of hydrogen-bond donors (Lipinski definition) is 4. The lowest BCUT2D eigenvalue weighted by Gasteiger charge is -2.10. The summed E-state index contributed by atoms with van der Waals surface area (Å²) >= 11 is 12.4. The highest BCUT2D eigenvalue weighted by Gasteiger charge is 2.27. The Bertz CT molecular complexity index is 1590. The highest BCUT2D eigenvalue weighted by molar-refractivity contribution is 6.42. The van der Waals surface area contributed by atoms with Gasteiger partial charge in [0, 0.05) is 34.8 Å². The van der Waals surface area contributed by atoms with Crippen LogP contribution in [0.5, 0.6) is 0 Å². The molecule has 2 aromatic heterocycles. The van der Waals surface area contributed by atoms with Crippen molar-refractivity contribution >= 4 is 51.6 Å². The molecule has 5 aromatic rings. The van der Waals surface area contributed by atoms with E-state index < -0.39 is 5.91 Å². The zero-order chi connectivity index (χ0) is 25.2. The maximum Gasteiger partial charge on any atom is 0.255 e. The summed E-state index contributed by atoms with van der Waals surface area (Å²) in [6, 6.07) is 21.7. The van der Waals surface area contributed by atoms with E-state index >= 15 is 0 Å². The van der Waals surface area contributed by atoms with Crippen molar-refractivity contribution in [2.75, 3.05) is 12.3 Å². The van der Waals surface area contributed by atoms with Gasteiger partial charge < -0.3 is 21.0 Å². The number of hydrogen-bond acceptors (Lipinski definition) is 3. The van der Waals surface area contributed by atoms with E-state index in [0.717, 1.165) is 16.5 Å². The SMILES string of the molecule is Nc1[nH]c(C(=O)c2ccccc2)c(-c2ccc(Cl)c(Cl)c2)c1C(=O)NCCc1c[nH]c2ccccc12. The summed E-state index contributed by atoms with van der Waals surface area (Å²) in [5.74, 6) is -0.585. The Hall–Kier alpha value is -4.00. The summed E-state index contributed by atoms with van der Waals surface area (Å²) in [6.45, 7) is 0.383. The van der Waals surface area contributed by atoms with Gasteiger partial charge in [0.1, 0.15) is 5.82 Å². The molecule has 180 valence electrons. The first-order chi connectivity index (χ1) is 17.4. The number of H-pyrrole nitrogens is 2. The van der Waals surface area contributed by atoms with E-state index in [1.54, 1.807) is 42.5 Å². The van der Waals surface area contributed by atoms with Gasteiger partial charge in [0.15, 0.2) is 0 Å². The van der Waals surface area contributed by atoms with Gasteiger partial charge in [-0.25, -0.2) is 0 Å². The van der Waals surface area contributed by atoms with Gasteiger partial charge in [-0.1, -0.05) is 77.8 Å². The number of amides is 1. The fraction of sp³-hybridized carbons (Fsp3) is 0.0714. The van der Waals surface area contributed by atoms with E-state index in [4.69, 9.17) is 28.9 Å². The summed E-state index contributed by atoms with van der Waals surface area (Å²) < 4.78 is 0. The normalized spacial score (nSPS) is 11.1. The first-order valence-electron chi connectivity index (χ1n) is 11.3. The molecule has 6 nitrogen and oxygen atoms in total. The van der Waals surface area contributed by atoms with Gasteiger partial charge in [0.25, 0.3) is 5.91 Å². The van der Waals surface area contributed by atoms with Crippen LogP contribution in [0.4, 0.5) is 5.82 Å². The van der Waals surface area contributed by atoms with Gasteiger partial charge in [-0.2, -0.15) is 0 Å². The minimum atomic E-state index is -0.392. The summed E-state index contributed by atoms with van der Waals surface area (Å²) in [7, 11) is 0. The van der Waals surface area contributed by atoms with Crippen molar-refractivity contribution in [3.05, 3.63) is 111 Å². The molecule has 0 aliphatic carbocycles. The van der Waals surface area contributed by atoms with E-state index in [1.165, 1.54) is 0 Å². The molecular weight excluding hydrogens is 495 g/mol. The molecule has 8 heteroatoms. The molecule has 0 aliphatic rings. The maximum absolute atomic E-state index is 13.4. The number of benzene rings is 3. The van der Waals surface area contributed by atoms with Gasteiger partial charge >= 0.3 is 0 Å². The van der Waals surface area contributed by atoms with Crippen LogP contribution in [0.15, 0.2) is 79.0 Å². The number of aromatic amines is 2. The minimum absolute atomic E-state index is 0.0972. The number of carbonyl (C=O) groups is 2. The molecule has 0 bridgehead atoms. The molecule has 5 rings (SSSR count). The van der Waals surface area contributed by atoms with E-state index in [9.17, 15) is 9.59 Å². The summed E-state index contributed by atoms with van der Waals surface area (Å²) in [6.07, 6.45) is 2.57. The predicted molar refractivity (Wildman–Crippen MR) is 145 cm³/mol. The van der Waals surface area contributed by atoms with E-state index in [2.05, 4.69) is 15.3 Å². The number of aromatic nitrogens is 2. The van der Waals surface area contributed by atoms with Crippen LogP contribution in [0.3, 0.4) is 0 Å². The molecule has 0 atom stereocenters. The number of halogens is 2. The molecular formula is C28H22Cl2N4O2. The first-order valence-corrected chi connectivity index (χ1v) is 12.1.